The van der Waals surface area contributed by atoms with E-state index >= 15 is 0 Å². The largest absolute Gasteiger partial charge is 0.398 e. The summed E-state index contributed by atoms with van der Waals surface area (Å²) in [5.74, 6) is 0. The molecule has 0 aliphatic heterocycles. The molecule has 0 spiro atoms. The van der Waals surface area contributed by atoms with Crippen molar-refractivity contribution in [2.75, 3.05) is 12.3 Å². The molecule has 0 bridgehead atoms. The third-order valence-corrected chi connectivity index (χ3v) is 4.35. The number of hydrogen-bond donors (Lipinski definition) is 3. The molecule has 0 saturated heterocycles. The Labute approximate surface area is 105 Å². The highest BCUT2D eigenvalue weighted by atomic mass is 32.2. The van der Waals surface area contributed by atoms with E-state index in [0.29, 0.717) is 12.1 Å². The number of anilines is 1. The van der Waals surface area contributed by atoms with Gasteiger partial charge < -0.3 is 10.8 Å². The first kappa shape index (κ1) is 14.3. The minimum absolute atomic E-state index is 0.00848. The molecular weight excluding hydrogens is 260 g/mol. The SMILES string of the molecule is CC(CCO)Sc1ccc(S(N)(=O)=O)cc1N. The standard InChI is InChI=1S/C10H16N2O3S2/c1-7(4-5-13)16-10-3-2-8(6-9(10)11)17(12,14)15/h2-3,6-7,13H,4-5,11H2,1H3,(H2,12,14,15). The molecule has 5 N–H and O–H groups in total. The molecule has 5 nitrogen and oxygen atoms in total. The third-order valence-electron chi connectivity index (χ3n) is 2.17. The number of benzene rings is 1. The average molecular weight is 276 g/mol. The maximum atomic E-state index is 11.1. The number of primary sulfonamides is 1. The summed E-state index contributed by atoms with van der Waals surface area (Å²) in [4.78, 5) is 0.799. The number of sulfonamides is 1. The van der Waals surface area contributed by atoms with Crippen molar-refractivity contribution in [3.8, 4) is 0 Å². The topological polar surface area (TPSA) is 106 Å². The molecule has 1 unspecified atom stereocenters. The smallest absolute Gasteiger partial charge is 0.238 e. The highest BCUT2D eigenvalue weighted by molar-refractivity contribution is 8.00. The van der Waals surface area contributed by atoms with Gasteiger partial charge in [0.15, 0.2) is 0 Å². The molecule has 1 atom stereocenters. The molecule has 1 aromatic rings. The molecule has 0 aliphatic carbocycles. The quantitative estimate of drug-likeness (QED) is 0.544. The average Bonchev–Trinajstić information content (AvgIpc) is 2.20. The van der Waals surface area contributed by atoms with E-state index in [1.807, 2.05) is 6.92 Å². The van der Waals surface area contributed by atoms with Crippen LogP contribution in [-0.2, 0) is 10.0 Å². The Hall–Kier alpha value is -0.760. The first-order valence-corrected chi connectivity index (χ1v) is 7.47. The van der Waals surface area contributed by atoms with Gasteiger partial charge in [-0.3, -0.25) is 0 Å². The molecule has 0 saturated carbocycles. The highest BCUT2D eigenvalue weighted by Gasteiger charge is 2.12. The Morgan fingerprint density at radius 1 is 1.47 bits per heavy atom. The second kappa shape index (κ2) is 5.72. The van der Waals surface area contributed by atoms with Crippen molar-refractivity contribution in [3.05, 3.63) is 18.2 Å². The number of thioether (sulfide) groups is 1. The maximum absolute atomic E-state index is 11.1. The zero-order valence-electron chi connectivity index (χ0n) is 9.46. The number of hydrogen-bond acceptors (Lipinski definition) is 5. The molecule has 0 aromatic heterocycles. The second-order valence-corrected chi connectivity index (χ2v) is 6.73. The molecule has 17 heavy (non-hydrogen) atoms. The minimum atomic E-state index is -3.71. The lowest BCUT2D eigenvalue weighted by Gasteiger charge is -2.12. The summed E-state index contributed by atoms with van der Waals surface area (Å²) in [6.07, 6.45) is 0.654. The fourth-order valence-corrected chi connectivity index (χ4v) is 2.82. The van der Waals surface area contributed by atoms with Crippen LogP contribution in [0.25, 0.3) is 0 Å². The number of aliphatic hydroxyl groups excluding tert-OH is 1. The Kier molecular flexibility index (Phi) is 4.81. The summed E-state index contributed by atoms with van der Waals surface area (Å²) in [7, 11) is -3.71. The van der Waals surface area contributed by atoms with Crippen molar-refractivity contribution >= 4 is 27.5 Å². The van der Waals surface area contributed by atoms with Crippen LogP contribution >= 0.6 is 11.8 Å². The van der Waals surface area contributed by atoms with E-state index in [9.17, 15) is 8.42 Å². The van der Waals surface area contributed by atoms with Gasteiger partial charge >= 0.3 is 0 Å². The Balaban J connectivity index is 2.91. The van der Waals surface area contributed by atoms with Gasteiger partial charge in [-0.05, 0) is 24.6 Å². The number of nitrogens with two attached hydrogens (primary N) is 2. The molecule has 1 aromatic carbocycles. The van der Waals surface area contributed by atoms with Crippen LogP contribution in [0.3, 0.4) is 0 Å². The van der Waals surface area contributed by atoms with Gasteiger partial charge in [-0.1, -0.05) is 6.92 Å². The molecule has 0 fully saturated rings. The van der Waals surface area contributed by atoms with Crippen LogP contribution in [-0.4, -0.2) is 25.4 Å². The Morgan fingerprint density at radius 3 is 2.59 bits per heavy atom. The number of nitrogen functional groups attached to an aromatic ring is 1. The van der Waals surface area contributed by atoms with Gasteiger partial charge in [0.25, 0.3) is 0 Å². The van der Waals surface area contributed by atoms with E-state index < -0.39 is 10.0 Å². The predicted molar refractivity (Wildman–Crippen MR) is 69.2 cm³/mol. The summed E-state index contributed by atoms with van der Waals surface area (Å²) in [5.41, 5.74) is 6.14. The first-order valence-electron chi connectivity index (χ1n) is 5.04. The van der Waals surface area contributed by atoms with Gasteiger partial charge in [0.05, 0.1) is 4.90 Å². The Bertz CT molecular complexity index is 488. The van der Waals surface area contributed by atoms with Crippen molar-refractivity contribution in [2.45, 2.75) is 28.4 Å². The first-order chi connectivity index (χ1) is 7.84. The van der Waals surface area contributed by atoms with Crippen LogP contribution in [0.4, 0.5) is 5.69 Å². The van der Waals surface area contributed by atoms with Crippen LogP contribution in [0.1, 0.15) is 13.3 Å². The zero-order chi connectivity index (χ0) is 13.1. The fraction of sp³-hybridized carbons (Fsp3) is 0.400. The zero-order valence-corrected chi connectivity index (χ0v) is 11.1. The second-order valence-electron chi connectivity index (χ2n) is 3.69. The van der Waals surface area contributed by atoms with Crippen molar-refractivity contribution in [1.29, 1.82) is 0 Å². The summed E-state index contributed by atoms with van der Waals surface area (Å²) in [5, 5.41) is 14.0. The number of rotatable bonds is 5. The summed E-state index contributed by atoms with van der Waals surface area (Å²) in [6.45, 7) is 2.08. The monoisotopic (exact) mass is 276 g/mol. The molecule has 0 heterocycles. The number of aliphatic hydroxyl groups is 1. The van der Waals surface area contributed by atoms with Gasteiger partial charge in [0, 0.05) is 22.4 Å². The van der Waals surface area contributed by atoms with Gasteiger partial charge in [0.1, 0.15) is 0 Å². The lowest BCUT2D eigenvalue weighted by atomic mass is 10.3. The van der Waals surface area contributed by atoms with Crippen LogP contribution in [0.5, 0.6) is 0 Å². The van der Waals surface area contributed by atoms with Gasteiger partial charge in [0.2, 0.25) is 10.0 Å². The van der Waals surface area contributed by atoms with Crippen LogP contribution < -0.4 is 10.9 Å². The highest BCUT2D eigenvalue weighted by Crippen LogP contribution is 2.31. The summed E-state index contributed by atoms with van der Waals surface area (Å²) in [6, 6.07) is 4.41. The minimum Gasteiger partial charge on any atom is -0.398 e. The fourth-order valence-electron chi connectivity index (χ4n) is 1.27. The summed E-state index contributed by atoms with van der Waals surface area (Å²) < 4.78 is 22.2. The van der Waals surface area contributed by atoms with E-state index in [2.05, 4.69) is 0 Å². The van der Waals surface area contributed by atoms with Crippen LogP contribution in [0.15, 0.2) is 28.0 Å². The summed E-state index contributed by atoms with van der Waals surface area (Å²) >= 11 is 1.49. The van der Waals surface area contributed by atoms with Crippen molar-refractivity contribution in [1.82, 2.24) is 0 Å². The predicted octanol–water partition coefficient (Wildman–Crippen LogP) is 0.779. The molecule has 0 amide bonds. The van der Waals surface area contributed by atoms with Crippen LogP contribution in [0.2, 0.25) is 0 Å². The van der Waals surface area contributed by atoms with Crippen molar-refractivity contribution in [2.24, 2.45) is 5.14 Å². The van der Waals surface area contributed by atoms with E-state index in [4.69, 9.17) is 16.0 Å². The van der Waals surface area contributed by atoms with Crippen molar-refractivity contribution < 1.29 is 13.5 Å². The molecule has 0 radical (unpaired) electrons. The Morgan fingerprint density at radius 2 is 2.12 bits per heavy atom. The molecule has 0 aliphatic rings. The van der Waals surface area contributed by atoms with Gasteiger partial charge in [-0.25, -0.2) is 13.6 Å². The van der Waals surface area contributed by atoms with Gasteiger partial charge in [-0.15, -0.1) is 11.8 Å². The normalized spacial score (nSPS) is 13.6. The van der Waals surface area contributed by atoms with E-state index in [-0.39, 0.29) is 16.8 Å². The van der Waals surface area contributed by atoms with Crippen molar-refractivity contribution in [3.63, 3.8) is 0 Å². The molecular formula is C10H16N2O3S2. The maximum Gasteiger partial charge on any atom is 0.238 e. The van der Waals surface area contributed by atoms with E-state index in [1.54, 1.807) is 6.07 Å². The molecule has 7 heteroatoms. The molecule has 96 valence electrons. The van der Waals surface area contributed by atoms with Gasteiger partial charge in [-0.2, -0.15) is 0 Å². The van der Waals surface area contributed by atoms with E-state index in [0.717, 1.165) is 4.90 Å². The lowest BCUT2D eigenvalue weighted by Crippen LogP contribution is -2.12. The molecule has 1 rings (SSSR count). The third kappa shape index (κ3) is 4.19. The van der Waals surface area contributed by atoms with E-state index in [1.165, 1.54) is 23.9 Å². The lowest BCUT2D eigenvalue weighted by molar-refractivity contribution is 0.289. The van der Waals surface area contributed by atoms with Crippen LogP contribution in [0, 0.1) is 0 Å².